The average molecular weight is 501 g/mol. The van der Waals surface area contributed by atoms with E-state index in [0.717, 1.165) is 31.6 Å². The maximum atomic E-state index is 12.1. The number of alkyl halides is 3. The van der Waals surface area contributed by atoms with Crippen LogP contribution in [0, 0.1) is 0 Å². The molecule has 154 valence electrons. The molecule has 27 heavy (non-hydrogen) atoms. The fourth-order valence-electron chi connectivity index (χ4n) is 2.63. The minimum absolute atomic E-state index is 0. The highest BCUT2D eigenvalue weighted by Gasteiger charge is 2.27. The van der Waals surface area contributed by atoms with Crippen molar-refractivity contribution in [1.29, 1.82) is 0 Å². The fraction of sp³-hybridized carbons (Fsp3) is 0.611. The molecule has 1 atom stereocenters. The molecular weight excluding hydrogens is 474 g/mol. The van der Waals surface area contributed by atoms with Gasteiger partial charge in [-0.1, -0.05) is 24.3 Å². The molecule has 1 heterocycles. The van der Waals surface area contributed by atoms with Crippen molar-refractivity contribution in [3.8, 4) is 0 Å². The Morgan fingerprint density at radius 3 is 2.74 bits per heavy atom. The SMILES string of the molecule is CCNC(=NCc1cccc(COCC(F)(F)F)c1)NCC1CCCO1.I. The third kappa shape index (κ3) is 10.2. The maximum absolute atomic E-state index is 12.1. The molecule has 0 spiro atoms. The summed E-state index contributed by atoms with van der Waals surface area (Å²) in [5, 5.41) is 6.44. The monoisotopic (exact) mass is 501 g/mol. The van der Waals surface area contributed by atoms with Gasteiger partial charge in [0.2, 0.25) is 0 Å². The maximum Gasteiger partial charge on any atom is 0.411 e. The summed E-state index contributed by atoms with van der Waals surface area (Å²) >= 11 is 0. The molecular formula is C18H27F3IN3O2. The quantitative estimate of drug-likeness (QED) is 0.325. The van der Waals surface area contributed by atoms with Gasteiger partial charge in [0, 0.05) is 19.7 Å². The predicted octanol–water partition coefficient (Wildman–Crippen LogP) is 3.62. The van der Waals surface area contributed by atoms with Gasteiger partial charge in [0.05, 0.1) is 19.3 Å². The van der Waals surface area contributed by atoms with Crippen LogP contribution >= 0.6 is 24.0 Å². The number of nitrogens with one attached hydrogen (secondary N) is 2. The number of rotatable bonds is 8. The second-order valence-electron chi connectivity index (χ2n) is 6.14. The number of guanidine groups is 1. The minimum atomic E-state index is -4.31. The first-order valence-corrected chi connectivity index (χ1v) is 8.82. The molecule has 1 aliphatic heterocycles. The number of nitrogens with zero attached hydrogens (tertiary/aromatic N) is 1. The van der Waals surface area contributed by atoms with Crippen molar-refractivity contribution in [2.45, 2.75) is 45.2 Å². The Bertz CT molecular complexity index is 579. The van der Waals surface area contributed by atoms with E-state index in [0.29, 0.717) is 24.6 Å². The van der Waals surface area contributed by atoms with Crippen LogP contribution < -0.4 is 10.6 Å². The zero-order chi connectivity index (χ0) is 18.8. The Morgan fingerprint density at radius 2 is 2.07 bits per heavy atom. The van der Waals surface area contributed by atoms with E-state index in [4.69, 9.17) is 9.47 Å². The van der Waals surface area contributed by atoms with Crippen molar-refractivity contribution in [2.75, 3.05) is 26.3 Å². The highest BCUT2D eigenvalue weighted by molar-refractivity contribution is 14.0. The topological polar surface area (TPSA) is 54.9 Å². The smallest absolute Gasteiger partial charge is 0.376 e. The second kappa shape index (κ2) is 12.4. The van der Waals surface area contributed by atoms with Gasteiger partial charge >= 0.3 is 6.18 Å². The Kier molecular flexibility index (Phi) is 11.0. The molecule has 0 amide bonds. The normalized spacial score (nSPS) is 17.5. The third-order valence-electron chi connectivity index (χ3n) is 3.81. The molecule has 2 N–H and O–H groups in total. The Labute approximate surface area is 175 Å². The van der Waals surface area contributed by atoms with Gasteiger partial charge in [-0.05, 0) is 30.9 Å². The zero-order valence-corrected chi connectivity index (χ0v) is 17.7. The van der Waals surface area contributed by atoms with E-state index in [-0.39, 0.29) is 36.7 Å². The van der Waals surface area contributed by atoms with Crippen LogP contribution in [0.25, 0.3) is 0 Å². The van der Waals surface area contributed by atoms with E-state index in [2.05, 4.69) is 15.6 Å². The summed E-state index contributed by atoms with van der Waals surface area (Å²) in [4.78, 5) is 4.52. The standard InChI is InChI=1S/C18H26F3N3O2.HI/c1-2-22-17(24-11-16-7-4-8-26-16)23-10-14-5-3-6-15(9-14)12-25-13-18(19,20)21;/h3,5-6,9,16H,2,4,7-8,10-13H2,1H3,(H2,22,23,24);1H. The van der Waals surface area contributed by atoms with Crippen LogP contribution in [0.3, 0.4) is 0 Å². The number of halogens is 4. The lowest BCUT2D eigenvalue weighted by Gasteiger charge is -2.15. The first-order valence-electron chi connectivity index (χ1n) is 8.82. The fourth-order valence-corrected chi connectivity index (χ4v) is 2.63. The highest BCUT2D eigenvalue weighted by atomic mass is 127. The number of hydrogen-bond donors (Lipinski definition) is 2. The van der Waals surface area contributed by atoms with Crippen LogP contribution in [-0.4, -0.2) is 44.5 Å². The largest absolute Gasteiger partial charge is 0.411 e. The predicted molar refractivity (Wildman–Crippen MR) is 109 cm³/mol. The van der Waals surface area contributed by atoms with Gasteiger partial charge in [-0.25, -0.2) is 4.99 Å². The molecule has 0 saturated carbocycles. The average Bonchev–Trinajstić information content (AvgIpc) is 3.10. The molecule has 0 aromatic heterocycles. The van der Waals surface area contributed by atoms with Crippen molar-refractivity contribution in [3.63, 3.8) is 0 Å². The van der Waals surface area contributed by atoms with Gasteiger partial charge in [-0.15, -0.1) is 24.0 Å². The molecule has 1 aromatic carbocycles. The lowest BCUT2D eigenvalue weighted by molar-refractivity contribution is -0.176. The molecule has 1 fully saturated rings. The summed E-state index contributed by atoms with van der Waals surface area (Å²) in [6.45, 7) is 3.35. The lowest BCUT2D eigenvalue weighted by Crippen LogP contribution is -2.41. The van der Waals surface area contributed by atoms with Crippen LogP contribution in [-0.2, 0) is 22.6 Å². The van der Waals surface area contributed by atoms with Crippen LogP contribution in [0.4, 0.5) is 13.2 Å². The van der Waals surface area contributed by atoms with Crippen LogP contribution in [0.2, 0.25) is 0 Å². The molecule has 0 radical (unpaired) electrons. The van der Waals surface area contributed by atoms with Gasteiger partial charge in [0.15, 0.2) is 5.96 Å². The second-order valence-corrected chi connectivity index (χ2v) is 6.14. The summed E-state index contributed by atoms with van der Waals surface area (Å²) < 4.78 is 46.7. The van der Waals surface area contributed by atoms with E-state index in [1.807, 2.05) is 19.1 Å². The highest BCUT2D eigenvalue weighted by Crippen LogP contribution is 2.16. The first-order chi connectivity index (χ1) is 12.5. The van der Waals surface area contributed by atoms with Crippen molar-refractivity contribution in [2.24, 2.45) is 4.99 Å². The summed E-state index contributed by atoms with van der Waals surface area (Å²) in [6.07, 6.45) is -1.96. The molecule has 9 heteroatoms. The van der Waals surface area contributed by atoms with Gasteiger partial charge < -0.3 is 20.1 Å². The van der Waals surface area contributed by atoms with Crippen molar-refractivity contribution >= 4 is 29.9 Å². The third-order valence-corrected chi connectivity index (χ3v) is 3.81. The van der Waals surface area contributed by atoms with Crippen molar-refractivity contribution in [1.82, 2.24) is 10.6 Å². The molecule has 5 nitrogen and oxygen atoms in total. The number of ether oxygens (including phenoxy) is 2. The molecule has 1 aliphatic rings. The molecule has 0 bridgehead atoms. The summed E-state index contributed by atoms with van der Waals surface area (Å²) in [7, 11) is 0. The molecule has 2 rings (SSSR count). The van der Waals surface area contributed by atoms with Gasteiger partial charge in [-0.3, -0.25) is 0 Å². The number of aliphatic imine (C=N–C) groups is 1. The van der Waals surface area contributed by atoms with Crippen LogP contribution in [0.15, 0.2) is 29.3 Å². The summed E-state index contributed by atoms with van der Waals surface area (Å²) in [6, 6.07) is 7.23. The van der Waals surface area contributed by atoms with E-state index < -0.39 is 12.8 Å². The molecule has 1 saturated heterocycles. The Morgan fingerprint density at radius 1 is 1.30 bits per heavy atom. The number of benzene rings is 1. The van der Waals surface area contributed by atoms with Gasteiger partial charge in [0.25, 0.3) is 0 Å². The first kappa shape index (κ1) is 24.0. The summed E-state index contributed by atoms with van der Waals surface area (Å²) in [5.74, 6) is 0.696. The van der Waals surface area contributed by atoms with E-state index in [1.165, 1.54) is 0 Å². The lowest BCUT2D eigenvalue weighted by atomic mass is 10.1. The van der Waals surface area contributed by atoms with E-state index in [9.17, 15) is 13.2 Å². The minimum Gasteiger partial charge on any atom is -0.376 e. The van der Waals surface area contributed by atoms with E-state index in [1.54, 1.807) is 12.1 Å². The van der Waals surface area contributed by atoms with Crippen molar-refractivity contribution < 1.29 is 22.6 Å². The zero-order valence-electron chi connectivity index (χ0n) is 15.3. The van der Waals surface area contributed by atoms with Gasteiger partial charge in [-0.2, -0.15) is 13.2 Å². The molecule has 0 aliphatic carbocycles. The van der Waals surface area contributed by atoms with Crippen molar-refractivity contribution in [3.05, 3.63) is 35.4 Å². The van der Waals surface area contributed by atoms with E-state index >= 15 is 0 Å². The summed E-state index contributed by atoms with van der Waals surface area (Å²) in [5.41, 5.74) is 1.60. The Balaban J connectivity index is 0.00000364. The van der Waals surface area contributed by atoms with Crippen LogP contribution in [0.1, 0.15) is 30.9 Å². The molecule has 1 aromatic rings. The molecule has 1 unspecified atom stereocenters. The van der Waals surface area contributed by atoms with Crippen LogP contribution in [0.5, 0.6) is 0 Å². The number of hydrogen-bond acceptors (Lipinski definition) is 3. The van der Waals surface area contributed by atoms with Gasteiger partial charge in [0.1, 0.15) is 6.61 Å². The Hall–Kier alpha value is -1.07.